The molecule has 0 fully saturated rings. The molecule has 0 radical (unpaired) electrons. The molecule has 5 nitrogen and oxygen atoms in total. The Labute approximate surface area is 147 Å². The van der Waals surface area contributed by atoms with Gasteiger partial charge in [-0.05, 0) is 49.4 Å². The number of hydrogen-bond donors (Lipinski definition) is 1. The Morgan fingerprint density at radius 2 is 1.92 bits per heavy atom. The first-order chi connectivity index (χ1) is 12.5. The minimum atomic E-state index is -0.430. The number of benzene rings is 2. The van der Waals surface area contributed by atoms with E-state index in [4.69, 9.17) is 4.42 Å². The lowest BCUT2D eigenvalue weighted by atomic mass is 10.1. The van der Waals surface area contributed by atoms with Gasteiger partial charge in [0.05, 0.1) is 11.1 Å². The van der Waals surface area contributed by atoms with Crippen LogP contribution in [-0.4, -0.2) is 10.9 Å². The smallest absolute Gasteiger partial charge is 0.336 e. The number of carbonyl (C=O) groups excluding carboxylic acids is 1. The minimum absolute atomic E-state index is 0.330. The van der Waals surface area contributed by atoms with Crippen LogP contribution in [0.3, 0.4) is 0 Å². The molecule has 0 atom stereocenters. The molecule has 0 aliphatic heterocycles. The molecule has 2 aromatic heterocycles. The maximum absolute atomic E-state index is 13.5. The van der Waals surface area contributed by atoms with Crippen molar-refractivity contribution in [3.8, 4) is 0 Å². The molecule has 6 heteroatoms. The second-order valence-electron chi connectivity index (χ2n) is 5.93. The van der Waals surface area contributed by atoms with E-state index in [0.717, 1.165) is 0 Å². The summed E-state index contributed by atoms with van der Waals surface area (Å²) in [5.74, 6) is -0.734. The van der Waals surface area contributed by atoms with Crippen molar-refractivity contribution >= 4 is 33.5 Å². The van der Waals surface area contributed by atoms with Crippen molar-refractivity contribution in [2.75, 3.05) is 5.32 Å². The molecule has 4 rings (SSSR count). The van der Waals surface area contributed by atoms with Crippen LogP contribution < -0.4 is 10.9 Å². The number of anilines is 1. The number of nitrogens with one attached hydrogen (secondary N) is 1. The molecule has 0 aliphatic carbocycles. The van der Waals surface area contributed by atoms with Gasteiger partial charge in [-0.25, -0.2) is 9.18 Å². The molecule has 0 saturated heterocycles. The van der Waals surface area contributed by atoms with Gasteiger partial charge in [0.1, 0.15) is 11.4 Å². The summed E-state index contributed by atoms with van der Waals surface area (Å²) >= 11 is 0. The number of carbonyl (C=O) groups is 1. The maximum atomic E-state index is 13.5. The highest BCUT2D eigenvalue weighted by Crippen LogP contribution is 2.22. The van der Waals surface area contributed by atoms with Crippen LogP contribution in [0.1, 0.15) is 16.1 Å². The van der Waals surface area contributed by atoms with E-state index in [1.54, 1.807) is 43.3 Å². The fourth-order valence-corrected chi connectivity index (χ4v) is 2.87. The van der Waals surface area contributed by atoms with Crippen molar-refractivity contribution in [3.63, 3.8) is 0 Å². The zero-order valence-electron chi connectivity index (χ0n) is 13.7. The van der Waals surface area contributed by atoms with Gasteiger partial charge in [-0.15, -0.1) is 0 Å². The third-order valence-electron chi connectivity index (χ3n) is 4.02. The molecule has 26 heavy (non-hydrogen) atoms. The molecular formula is C20H13FN2O3. The molecule has 0 aliphatic rings. The van der Waals surface area contributed by atoms with Crippen LogP contribution in [0.4, 0.5) is 10.1 Å². The molecule has 0 bridgehead atoms. The summed E-state index contributed by atoms with van der Waals surface area (Å²) in [6.07, 6.45) is 0. The Hall–Kier alpha value is -3.54. The third kappa shape index (κ3) is 2.93. The fraction of sp³-hybridized carbons (Fsp3) is 0.0500. The first kappa shape index (κ1) is 16.0. The summed E-state index contributed by atoms with van der Waals surface area (Å²) in [5, 5.41) is 4.08. The molecule has 4 aromatic rings. The number of rotatable bonds is 2. The molecule has 2 heterocycles. The van der Waals surface area contributed by atoms with Gasteiger partial charge in [0.15, 0.2) is 0 Å². The quantitative estimate of drug-likeness (QED) is 0.555. The van der Waals surface area contributed by atoms with Gasteiger partial charge in [0.25, 0.3) is 5.91 Å². The van der Waals surface area contributed by atoms with Crippen LogP contribution in [0.25, 0.3) is 21.9 Å². The summed E-state index contributed by atoms with van der Waals surface area (Å²) in [6.45, 7) is 1.75. The Morgan fingerprint density at radius 3 is 2.77 bits per heavy atom. The van der Waals surface area contributed by atoms with Crippen LogP contribution in [0, 0.1) is 12.7 Å². The standard InChI is InChI=1S/C20H13FN2O3/c1-11-8-16(15-5-3-13(21)10-17(15)22-11)20(25)23-14-4-6-18-12(9-14)2-7-19(24)26-18/h2-10H,1H3,(H,23,25). The van der Waals surface area contributed by atoms with E-state index >= 15 is 0 Å². The molecular weight excluding hydrogens is 335 g/mol. The van der Waals surface area contributed by atoms with Crippen molar-refractivity contribution in [2.24, 2.45) is 0 Å². The summed E-state index contributed by atoms with van der Waals surface area (Å²) in [6, 6.07) is 13.7. The second kappa shape index (κ2) is 6.07. The van der Waals surface area contributed by atoms with E-state index in [2.05, 4.69) is 10.3 Å². The lowest BCUT2D eigenvalue weighted by Crippen LogP contribution is -2.13. The van der Waals surface area contributed by atoms with Crippen LogP contribution in [-0.2, 0) is 0 Å². The van der Waals surface area contributed by atoms with Crippen molar-refractivity contribution < 1.29 is 13.6 Å². The van der Waals surface area contributed by atoms with Crippen molar-refractivity contribution in [3.05, 3.63) is 82.1 Å². The van der Waals surface area contributed by atoms with Crippen LogP contribution in [0.2, 0.25) is 0 Å². The third-order valence-corrected chi connectivity index (χ3v) is 4.02. The van der Waals surface area contributed by atoms with Gasteiger partial charge in [-0.1, -0.05) is 0 Å². The van der Waals surface area contributed by atoms with Gasteiger partial charge in [-0.2, -0.15) is 0 Å². The average Bonchev–Trinajstić information content (AvgIpc) is 2.60. The minimum Gasteiger partial charge on any atom is -0.423 e. The first-order valence-corrected chi connectivity index (χ1v) is 7.92. The van der Waals surface area contributed by atoms with E-state index in [1.807, 2.05) is 0 Å². The number of fused-ring (bicyclic) bond motifs is 2. The van der Waals surface area contributed by atoms with Gasteiger partial charge < -0.3 is 9.73 Å². The number of nitrogens with zero attached hydrogens (tertiary/aromatic N) is 1. The molecule has 0 saturated carbocycles. The van der Waals surface area contributed by atoms with Crippen LogP contribution in [0.15, 0.2) is 63.8 Å². The molecule has 128 valence electrons. The maximum Gasteiger partial charge on any atom is 0.336 e. The van der Waals surface area contributed by atoms with Crippen molar-refractivity contribution in [2.45, 2.75) is 6.92 Å². The summed E-state index contributed by atoms with van der Waals surface area (Å²) in [4.78, 5) is 28.3. The van der Waals surface area contributed by atoms with Gasteiger partial charge in [-0.3, -0.25) is 9.78 Å². The zero-order chi connectivity index (χ0) is 18.3. The average molecular weight is 348 g/mol. The van der Waals surface area contributed by atoms with E-state index in [9.17, 15) is 14.0 Å². The van der Waals surface area contributed by atoms with E-state index in [0.29, 0.717) is 38.8 Å². The number of hydrogen-bond acceptors (Lipinski definition) is 4. The lowest BCUT2D eigenvalue weighted by Gasteiger charge is -2.10. The number of pyridine rings is 1. The lowest BCUT2D eigenvalue weighted by molar-refractivity contribution is 0.102. The second-order valence-corrected chi connectivity index (χ2v) is 5.93. The van der Waals surface area contributed by atoms with Crippen molar-refractivity contribution in [1.29, 1.82) is 0 Å². The molecule has 1 amide bonds. The predicted octanol–water partition coefficient (Wildman–Crippen LogP) is 4.04. The number of aryl methyl sites for hydroxylation is 1. The summed E-state index contributed by atoms with van der Waals surface area (Å²) in [5.41, 5.74) is 2.02. The molecule has 0 spiro atoms. The SMILES string of the molecule is Cc1cc(C(=O)Nc2ccc3oc(=O)ccc3c2)c2ccc(F)cc2n1. The topological polar surface area (TPSA) is 72.2 Å². The normalized spacial score (nSPS) is 11.0. The van der Waals surface area contributed by atoms with E-state index in [-0.39, 0.29) is 5.91 Å². The van der Waals surface area contributed by atoms with Crippen LogP contribution in [0.5, 0.6) is 0 Å². The first-order valence-electron chi connectivity index (χ1n) is 7.92. The predicted molar refractivity (Wildman–Crippen MR) is 96.9 cm³/mol. The summed E-state index contributed by atoms with van der Waals surface area (Å²) in [7, 11) is 0. The Bertz CT molecular complexity index is 1230. The fourth-order valence-electron chi connectivity index (χ4n) is 2.87. The van der Waals surface area contributed by atoms with Crippen LogP contribution >= 0.6 is 0 Å². The van der Waals surface area contributed by atoms with Gasteiger partial charge >= 0.3 is 5.63 Å². The largest absolute Gasteiger partial charge is 0.423 e. The Kier molecular flexibility index (Phi) is 3.73. The summed E-state index contributed by atoms with van der Waals surface area (Å²) < 4.78 is 18.5. The Balaban J connectivity index is 1.73. The monoisotopic (exact) mass is 348 g/mol. The number of amides is 1. The molecule has 2 aromatic carbocycles. The van der Waals surface area contributed by atoms with E-state index < -0.39 is 11.4 Å². The van der Waals surface area contributed by atoms with E-state index in [1.165, 1.54) is 18.2 Å². The zero-order valence-corrected chi connectivity index (χ0v) is 13.7. The molecule has 0 unspecified atom stereocenters. The van der Waals surface area contributed by atoms with Crippen molar-refractivity contribution in [1.82, 2.24) is 4.98 Å². The number of aromatic nitrogens is 1. The van der Waals surface area contributed by atoms with Gasteiger partial charge in [0, 0.05) is 34.3 Å². The van der Waals surface area contributed by atoms with Gasteiger partial charge in [0.2, 0.25) is 0 Å². The Morgan fingerprint density at radius 1 is 1.08 bits per heavy atom. The number of halogens is 1. The highest BCUT2D eigenvalue weighted by Gasteiger charge is 2.13. The highest BCUT2D eigenvalue weighted by molar-refractivity contribution is 6.12. The molecule has 1 N–H and O–H groups in total. The highest BCUT2D eigenvalue weighted by atomic mass is 19.1.